The third-order valence-electron chi connectivity index (χ3n) is 4.62. The normalized spacial score (nSPS) is 13.5. The van der Waals surface area contributed by atoms with Crippen LogP contribution in [0.4, 0.5) is 0 Å². The molecule has 1 amide bonds. The standard InChI is InChI=1S/C20H20N2O5S/c1-11-6-14-18(28-11)8-15(22(14)3)20(24)27-12(2)19(23)21-9-13-4-5-16-17(7-13)26-10-25-16/h4-8,12H,9-10H2,1-3H3,(H,21,23)/t12-/m1/s1. The Labute approximate surface area is 165 Å². The lowest BCUT2D eigenvalue weighted by Gasteiger charge is -2.14. The predicted molar refractivity (Wildman–Crippen MR) is 105 cm³/mol. The molecule has 2 aromatic heterocycles. The Kier molecular flexibility index (Phi) is 4.72. The zero-order valence-electron chi connectivity index (χ0n) is 15.8. The predicted octanol–water partition coefficient (Wildman–Crippen LogP) is 3.14. The summed E-state index contributed by atoms with van der Waals surface area (Å²) in [6.45, 7) is 4.09. The smallest absolute Gasteiger partial charge is 0.355 e. The number of thiophene rings is 1. The molecule has 28 heavy (non-hydrogen) atoms. The van der Waals surface area contributed by atoms with Crippen molar-refractivity contribution in [1.29, 1.82) is 0 Å². The minimum absolute atomic E-state index is 0.203. The number of aromatic nitrogens is 1. The highest BCUT2D eigenvalue weighted by Gasteiger charge is 2.22. The van der Waals surface area contributed by atoms with E-state index in [-0.39, 0.29) is 12.7 Å². The van der Waals surface area contributed by atoms with Gasteiger partial charge in [-0.15, -0.1) is 11.3 Å². The molecular weight excluding hydrogens is 380 g/mol. The van der Waals surface area contributed by atoms with E-state index >= 15 is 0 Å². The van der Waals surface area contributed by atoms with E-state index in [1.807, 2.05) is 32.2 Å². The molecule has 0 saturated heterocycles. The van der Waals surface area contributed by atoms with Gasteiger partial charge in [-0.2, -0.15) is 0 Å². The van der Waals surface area contributed by atoms with E-state index in [2.05, 4.69) is 5.32 Å². The maximum absolute atomic E-state index is 12.5. The first-order chi connectivity index (χ1) is 13.4. The first-order valence-corrected chi connectivity index (χ1v) is 9.67. The monoisotopic (exact) mass is 400 g/mol. The molecule has 8 heteroatoms. The highest BCUT2D eigenvalue weighted by Crippen LogP contribution is 2.32. The van der Waals surface area contributed by atoms with E-state index < -0.39 is 12.1 Å². The summed E-state index contributed by atoms with van der Waals surface area (Å²) < 4.78 is 18.8. The van der Waals surface area contributed by atoms with Gasteiger partial charge in [0.15, 0.2) is 17.6 Å². The number of carbonyl (C=O) groups excluding carboxylic acids is 2. The van der Waals surface area contributed by atoms with E-state index in [9.17, 15) is 9.59 Å². The number of rotatable bonds is 5. The van der Waals surface area contributed by atoms with Crippen LogP contribution in [-0.2, 0) is 23.1 Å². The molecule has 3 aromatic rings. The van der Waals surface area contributed by atoms with Crippen LogP contribution < -0.4 is 14.8 Å². The number of nitrogens with one attached hydrogen (secondary N) is 1. The summed E-state index contributed by atoms with van der Waals surface area (Å²) in [4.78, 5) is 26.0. The molecule has 3 heterocycles. The highest BCUT2D eigenvalue weighted by molar-refractivity contribution is 7.19. The van der Waals surface area contributed by atoms with Crippen molar-refractivity contribution >= 4 is 33.4 Å². The molecule has 1 N–H and O–H groups in total. The van der Waals surface area contributed by atoms with E-state index in [0.717, 1.165) is 15.8 Å². The van der Waals surface area contributed by atoms with Crippen LogP contribution in [0.25, 0.3) is 10.2 Å². The van der Waals surface area contributed by atoms with Crippen LogP contribution in [0.1, 0.15) is 27.9 Å². The number of nitrogens with zero attached hydrogens (tertiary/aromatic N) is 1. The first kappa shape index (κ1) is 18.4. The summed E-state index contributed by atoms with van der Waals surface area (Å²) in [5, 5.41) is 2.77. The molecule has 1 aromatic carbocycles. The summed E-state index contributed by atoms with van der Waals surface area (Å²) in [7, 11) is 1.81. The van der Waals surface area contributed by atoms with Gasteiger partial charge in [0.25, 0.3) is 5.91 Å². The van der Waals surface area contributed by atoms with Crippen LogP contribution in [0.3, 0.4) is 0 Å². The number of benzene rings is 1. The molecule has 0 bridgehead atoms. The maximum atomic E-state index is 12.5. The van der Waals surface area contributed by atoms with Crippen molar-refractivity contribution in [2.75, 3.05) is 6.79 Å². The van der Waals surface area contributed by atoms with E-state index in [1.165, 1.54) is 4.88 Å². The molecule has 0 spiro atoms. The number of hydrogen-bond donors (Lipinski definition) is 1. The van der Waals surface area contributed by atoms with Gasteiger partial charge in [-0.3, -0.25) is 4.79 Å². The minimum Gasteiger partial charge on any atom is -0.454 e. The molecule has 4 rings (SSSR count). The van der Waals surface area contributed by atoms with Gasteiger partial charge in [-0.05, 0) is 43.7 Å². The molecule has 0 unspecified atom stereocenters. The van der Waals surface area contributed by atoms with Crippen molar-refractivity contribution in [1.82, 2.24) is 9.88 Å². The highest BCUT2D eigenvalue weighted by atomic mass is 32.1. The summed E-state index contributed by atoms with van der Waals surface area (Å²) in [6, 6.07) is 9.29. The van der Waals surface area contributed by atoms with Crippen molar-refractivity contribution in [3.8, 4) is 11.5 Å². The van der Waals surface area contributed by atoms with Crippen molar-refractivity contribution in [3.63, 3.8) is 0 Å². The zero-order chi connectivity index (χ0) is 19.8. The number of esters is 1. The molecule has 146 valence electrons. The van der Waals surface area contributed by atoms with Crippen molar-refractivity contribution in [2.45, 2.75) is 26.5 Å². The fourth-order valence-electron chi connectivity index (χ4n) is 3.09. The third kappa shape index (κ3) is 3.43. The fraction of sp³-hybridized carbons (Fsp3) is 0.300. The van der Waals surface area contributed by atoms with E-state index in [1.54, 1.807) is 35.0 Å². The molecule has 0 fully saturated rings. The van der Waals surface area contributed by atoms with Crippen molar-refractivity contribution in [3.05, 3.63) is 46.5 Å². The number of carbonyl (C=O) groups is 2. The average molecular weight is 400 g/mol. The second-order valence-electron chi connectivity index (χ2n) is 6.65. The van der Waals surface area contributed by atoms with Gasteiger partial charge in [0.2, 0.25) is 6.79 Å². The molecule has 1 aliphatic heterocycles. The topological polar surface area (TPSA) is 78.8 Å². The maximum Gasteiger partial charge on any atom is 0.355 e. The van der Waals surface area contributed by atoms with Gasteiger partial charge in [0.05, 0.1) is 10.2 Å². The molecular formula is C20H20N2O5S. The second kappa shape index (κ2) is 7.20. The lowest BCUT2D eigenvalue weighted by Crippen LogP contribution is -2.35. The Bertz CT molecular complexity index is 1070. The van der Waals surface area contributed by atoms with Crippen LogP contribution >= 0.6 is 11.3 Å². The van der Waals surface area contributed by atoms with Gasteiger partial charge in [-0.1, -0.05) is 6.07 Å². The number of fused-ring (bicyclic) bond motifs is 2. The van der Waals surface area contributed by atoms with Crippen LogP contribution in [0.2, 0.25) is 0 Å². The number of ether oxygens (including phenoxy) is 3. The van der Waals surface area contributed by atoms with Crippen LogP contribution in [-0.4, -0.2) is 29.3 Å². The molecule has 0 aliphatic carbocycles. The molecule has 0 saturated carbocycles. The SMILES string of the molecule is Cc1cc2c(cc(C(=O)O[C@H](C)C(=O)NCc3ccc4c(c3)OCO4)n2C)s1. The number of hydrogen-bond acceptors (Lipinski definition) is 6. The van der Waals surface area contributed by atoms with E-state index in [4.69, 9.17) is 14.2 Å². The average Bonchev–Trinajstić information content (AvgIpc) is 3.35. The number of amides is 1. The van der Waals surface area contributed by atoms with Crippen molar-refractivity contribution in [2.24, 2.45) is 7.05 Å². The summed E-state index contributed by atoms with van der Waals surface area (Å²) >= 11 is 1.62. The summed E-state index contributed by atoms with van der Waals surface area (Å²) in [6.07, 6.45) is -0.906. The zero-order valence-corrected chi connectivity index (χ0v) is 16.6. The van der Waals surface area contributed by atoms with Crippen LogP contribution in [0, 0.1) is 6.92 Å². The first-order valence-electron chi connectivity index (χ1n) is 8.85. The Morgan fingerprint density at radius 1 is 1.25 bits per heavy atom. The lowest BCUT2D eigenvalue weighted by molar-refractivity contribution is -0.129. The van der Waals surface area contributed by atoms with Crippen LogP contribution in [0.15, 0.2) is 30.3 Å². The largest absolute Gasteiger partial charge is 0.454 e. The summed E-state index contributed by atoms with van der Waals surface area (Å²) in [5.74, 6) is 0.465. The van der Waals surface area contributed by atoms with Gasteiger partial charge in [0.1, 0.15) is 5.69 Å². The number of aryl methyl sites for hydroxylation is 2. The quantitative estimate of drug-likeness (QED) is 0.666. The lowest BCUT2D eigenvalue weighted by atomic mass is 10.2. The Morgan fingerprint density at radius 2 is 2.04 bits per heavy atom. The van der Waals surface area contributed by atoms with Gasteiger partial charge in [-0.25, -0.2) is 4.79 Å². The Balaban J connectivity index is 1.36. The Morgan fingerprint density at radius 3 is 2.82 bits per heavy atom. The summed E-state index contributed by atoms with van der Waals surface area (Å²) in [5.41, 5.74) is 2.28. The molecule has 1 aliphatic rings. The fourth-order valence-corrected chi connectivity index (χ4v) is 4.08. The van der Waals surface area contributed by atoms with Crippen molar-refractivity contribution < 1.29 is 23.8 Å². The molecule has 7 nitrogen and oxygen atoms in total. The molecule has 1 atom stereocenters. The van der Waals surface area contributed by atoms with Crippen LogP contribution in [0.5, 0.6) is 11.5 Å². The Hall–Kier alpha value is -3.00. The second-order valence-corrected chi connectivity index (χ2v) is 7.94. The van der Waals surface area contributed by atoms with Gasteiger partial charge in [0, 0.05) is 18.5 Å². The minimum atomic E-state index is -0.906. The van der Waals surface area contributed by atoms with Gasteiger partial charge < -0.3 is 24.1 Å². The molecule has 0 radical (unpaired) electrons. The van der Waals surface area contributed by atoms with Gasteiger partial charge >= 0.3 is 5.97 Å². The third-order valence-corrected chi connectivity index (χ3v) is 5.61. The van der Waals surface area contributed by atoms with E-state index in [0.29, 0.717) is 23.7 Å².